The molecule has 3 rings (SSSR count). The first-order valence-corrected chi connectivity index (χ1v) is 9.70. The molecule has 0 bridgehead atoms. The van der Waals surface area contributed by atoms with Crippen molar-refractivity contribution in [3.63, 3.8) is 0 Å². The molecular formula is C25H20O7. The molecule has 0 heterocycles. The van der Waals surface area contributed by atoms with E-state index in [0.717, 1.165) is 5.56 Å². The van der Waals surface area contributed by atoms with Gasteiger partial charge in [-0.3, -0.25) is 9.59 Å². The first-order chi connectivity index (χ1) is 15.3. The van der Waals surface area contributed by atoms with Gasteiger partial charge in [0.15, 0.2) is 12.4 Å². The Morgan fingerprint density at radius 2 is 1.34 bits per heavy atom. The molecule has 0 atom stereocenters. The Hall–Kier alpha value is -4.26. The maximum atomic E-state index is 12.4. The molecule has 0 N–H and O–H groups in total. The lowest BCUT2D eigenvalue weighted by Crippen LogP contribution is -2.16. The highest BCUT2D eigenvalue weighted by molar-refractivity contribution is 6.00. The van der Waals surface area contributed by atoms with Crippen molar-refractivity contribution >= 4 is 23.7 Å². The number of rotatable bonds is 7. The van der Waals surface area contributed by atoms with Gasteiger partial charge in [0.05, 0.1) is 5.56 Å². The second-order valence-corrected chi connectivity index (χ2v) is 6.87. The van der Waals surface area contributed by atoms with E-state index in [1.807, 2.05) is 19.1 Å². The number of aryl methyl sites for hydroxylation is 1. The Balaban J connectivity index is 1.58. The molecule has 7 heteroatoms. The number of hydrogen-bond acceptors (Lipinski definition) is 7. The molecule has 0 fully saturated rings. The third-order valence-electron chi connectivity index (χ3n) is 4.37. The maximum Gasteiger partial charge on any atom is 0.343 e. The predicted molar refractivity (Wildman–Crippen MR) is 115 cm³/mol. The van der Waals surface area contributed by atoms with Gasteiger partial charge in [-0.05, 0) is 55.5 Å². The van der Waals surface area contributed by atoms with Gasteiger partial charge >= 0.3 is 17.9 Å². The summed E-state index contributed by atoms with van der Waals surface area (Å²) in [5, 5.41) is 0. The van der Waals surface area contributed by atoms with E-state index >= 15 is 0 Å². The minimum atomic E-state index is -0.793. The first-order valence-electron chi connectivity index (χ1n) is 9.70. The van der Waals surface area contributed by atoms with Gasteiger partial charge in [0, 0.05) is 12.5 Å². The Kier molecular flexibility index (Phi) is 7.13. The van der Waals surface area contributed by atoms with Gasteiger partial charge in [0.2, 0.25) is 0 Å². The third-order valence-corrected chi connectivity index (χ3v) is 4.37. The molecule has 0 unspecified atom stereocenters. The van der Waals surface area contributed by atoms with Crippen LogP contribution in [0.2, 0.25) is 0 Å². The third kappa shape index (κ3) is 5.89. The van der Waals surface area contributed by atoms with Crippen LogP contribution in [-0.4, -0.2) is 30.3 Å². The molecule has 0 aromatic heterocycles. The minimum Gasteiger partial charge on any atom is -0.454 e. The van der Waals surface area contributed by atoms with Crippen molar-refractivity contribution in [1.29, 1.82) is 0 Å². The zero-order chi connectivity index (χ0) is 23.1. The van der Waals surface area contributed by atoms with Crippen LogP contribution in [0.4, 0.5) is 0 Å². The second-order valence-electron chi connectivity index (χ2n) is 6.87. The molecule has 32 heavy (non-hydrogen) atoms. The summed E-state index contributed by atoms with van der Waals surface area (Å²) in [4.78, 5) is 48.0. The number of ketones is 1. The van der Waals surface area contributed by atoms with E-state index in [9.17, 15) is 19.2 Å². The van der Waals surface area contributed by atoms with Gasteiger partial charge in [-0.15, -0.1) is 0 Å². The van der Waals surface area contributed by atoms with E-state index in [0.29, 0.717) is 5.56 Å². The highest BCUT2D eigenvalue weighted by atomic mass is 16.6. The fraction of sp³-hybridized carbons (Fsp3) is 0.120. The molecule has 3 aromatic rings. The number of ether oxygens (including phenoxy) is 3. The number of Topliss-reactive ketones (excluding diaryl/α,β-unsaturated/α-hetero) is 1. The predicted octanol–water partition coefficient (Wildman–Crippen LogP) is 4.18. The van der Waals surface area contributed by atoms with Crippen LogP contribution in [0.5, 0.6) is 11.5 Å². The molecule has 0 spiro atoms. The molecule has 0 aliphatic rings. The molecular weight excluding hydrogens is 412 g/mol. The Labute approximate surface area is 184 Å². The number of benzene rings is 3. The van der Waals surface area contributed by atoms with Gasteiger partial charge in [0.1, 0.15) is 17.1 Å². The van der Waals surface area contributed by atoms with Crippen molar-refractivity contribution in [2.45, 2.75) is 13.8 Å². The Morgan fingerprint density at radius 1 is 0.719 bits per heavy atom. The largest absolute Gasteiger partial charge is 0.454 e. The second kappa shape index (κ2) is 10.2. The standard InChI is InChI=1S/C25H20O7/c1-16-7-9-19(10-8-16)24(28)32-20-13-11-18(12-14-20)22(27)15-30-25(29)21-5-3-4-6-23(21)31-17(2)26/h3-14H,15H2,1-2H3. The van der Waals surface area contributed by atoms with E-state index in [4.69, 9.17) is 14.2 Å². The van der Waals surface area contributed by atoms with Crippen molar-refractivity contribution in [3.8, 4) is 11.5 Å². The highest BCUT2D eigenvalue weighted by Gasteiger charge is 2.17. The van der Waals surface area contributed by atoms with E-state index in [-0.39, 0.29) is 22.6 Å². The monoisotopic (exact) mass is 432 g/mol. The van der Waals surface area contributed by atoms with Crippen LogP contribution < -0.4 is 9.47 Å². The van der Waals surface area contributed by atoms with E-state index < -0.39 is 30.3 Å². The maximum absolute atomic E-state index is 12.4. The number of carbonyl (C=O) groups is 4. The van der Waals surface area contributed by atoms with Crippen molar-refractivity contribution in [1.82, 2.24) is 0 Å². The van der Waals surface area contributed by atoms with E-state index in [1.54, 1.807) is 24.3 Å². The highest BCUT2D eigenvalue weighted by Crippen LogP contribution is 2.20. The summed E-state index contributed by atoms with van der Waals surface area (Å²) in [6, 6.07) is 18.9. The SMILES string of the molecule is CC(=O)Oc1ccccc1C(=O)OCC(=O)c1ccc(OC(=O)c2ccc(C)cc2)cc1. The smallest absolute Gasteiger partial charge is 0.343 e. The van der Waals surface area contributed by atoms with Crippen LogP contribution in [-0.2, 0) is 9.53 Å². The average Bonchev–Trinajstić information content (AvgIpc) is 2.78. The summed E-state index contributed by atoms with van der Waals surface area (Å²) in [7, 11) is 0. The normalized spacial score (nSPS) is 10.2. The summed E-state index contributed by atoms with van der Waals surface area (Å²) in [5.41, 5.74) is 1.76. The molecule has 162 valence electrons. The lowest BCUT2D eigenvalue weighted by atomic mass is 10.1. The molecule has 0 saturated heterocycles. The number of esters is 3. The lowest BCUT2D eigenvalue weighted by molar-refractivity contribution is -0.131. The minimum absolute atomic E-state index is 0.0360. The quantitative estimate of drug-likeness (QED) is 0.314. The van der Waals surface area contributed by atoms with Crippen molar-refractivity contribution in [2.75, 3.05) is 6.61 Å². The molecule has 0 amide bonds. The number of carbonyl (C=O) groups excluding carboxylic acids is 4. The van der Waals surface area contributed by atoms with Crippen LogP contribution in [0, 0.1) is 6.92 Å². The first kappa shape index (κ1) is 22.4. The van der Waals surface area contributed by atoms with E-state index in [1.165, 1.54) is 43.3 Å². The number of hydrogen-bond donors (Lipinski definition) is 0. The summed E-state index contributed by atoms with van der Waals surface area (Å²) in [6.07, 6.45) is 0. The van der Waals surface area contributed by atoms with Crippen LogP contribution in [0.3, 0.4) is 0 Å². The Bertz CT molecular complexity index is 1150. The molecule has 0 aliphatic carbocycles. The fourth-order valence-corrected chi connectivity index (χ4v) is 2.74. The summed E-state index contributed by atoms with van der Waals surface area (Å²) in [5.74, 6) is -2.00. The van der Waals surface area contributed by atoms with Crippen molar-refractivity contribution in [2.24, 2.45) is 0 Å². The van der Waals surface area contributed by atoms with Crippen LogP contribution >= 0.6 is 0 Å². The van der Waals surface area contributed by atoms with Crippen LogP contribution in [0.15, 0.2) is 72.8 Å². The molecule has 7 nitrogen and oxygen atoms in total. The zero-order valence-corrected chi connectivity index (χ0v) is 17.5. The summed E-state index contributed by atoms with van der Waals surface area (Å²) in [6.45, 7) is 2.63. The van der Waals surface area contributed by atoms with Crippen LogP contribution in [0.1, 0.15) is 43.6 Å². The van der Waals surface area contributed by atoms with Crippen LogP contribution in [0.25, 0.3) is 0 Å². The van der Waals surface area contributed by atoms with E-state index in [2.05, 4.69) is 0 Å². The van der Waals surface area contributed by atoms with Crippen molar-refractivity contribution in [3.05, 3.63) is 95.1 Å². The number of para-hydroxylation sites is 1. The van der Waals surface area contributed by atoms with Gasteiger partial charge < -0.3 is 14.2 Å². The van der Waals surface area contributed by atoms with Gasteiger partial charge in [-0.25, -0.2) is 9.59 Å². The van der Waals surface area contributed by atoms with Gasteiger partial charge in [-0.2, -0.15) is 0 Å². The average molecular weight is 432 g/mol. The lowest BCUT2D eigenvalue weighted by Gasteiger charge is -2.09. The fourth-order valence-electron chi connectivity index (χ4n) is 2.74. The molecule has 3 aromatic carbocycles. The Morgan fingerprint density at radius 3 is 2.00 bits per heavy atom. The zero-order valence-electron chi connectivity index (χ0n) is 17.5. The summed E-state index contributed by atoms with van der Waals surface area (Å²) >= 11 is 0. The topological polar surface area (TPSA) is 96.0 Å². The van der Waals surface area contributed by atoms with Gasteiger partial charge in [-0.1, -0.05) is 29.8 Å². The van der Waals surface area contributed by atoms with Gasteiger partial charge in [0.25, 0.3) is 0 Å². The summed E-state index contributed by atoms with van der Waals surface area (Å²) < 4.78 is 15.3. The molecule has 0 saturated carbocycles. The molecule has 0 radical (unpaired) electrons. The van der Waals surface area contributed by atoms with Crippen molar-refractivity contribution < 1.29 is 33.4 Å². The molecule has 0 aliphatic heterocycles.